The number of nitrogens with zero attached hydrogens (tertiary/aromatic N) is 1. The molecule has 84 valence electrons. The van der Waals surface area contributed by atoms with Crippen molar-refractivity contribution in [3.8, 4) is 0 Å². The molecule has 0 unspecified atom stereocenters. The van der Waals surface area contributed by atoms with Crippen molar-refractivity contribution in [3.05, 3.63) is 17.5 Å². The number of aromatic nitrogens is 1. The summed E-state index contributed by atoms with van der Waals surface area (Å²) in [6, 6.07) is 1.58. The van der Waals surface area contributed by atoms with Crippen LogP contribution in [0.15, 0.2) is 10.6 Å². The third-order valence-corrected chi connectivity index (χ3v) is 2.73. The molecule has 0 aliphatic rings. The highest BCUT2D eigenvalue weighted by Gasteiger charge is 2.10. The van der Waals surface area contributed by atoms with E-state index in [2.05, 4.69) is 5.16 Å². The molecule has 1 aromatic rings. The number of hydrogen-bond acceptors (Lipinski definition) is 6. The van der Waals surface area contributed by atoms with Crippen LogP contribution in [0.25, 0.3) is 0 Å². The summed E-state index contributed by atoms with van der Waals surface area (Å²) in [5.74, 6) is 6.82. The number of amides is 1. The lowest BCUT2D eigenvalue weighted by Gasteiger charge is -1.95. The number of nitrogens with two attached hydrogens (primary N) is 2. The van der Waals surface area contributed by atoms with E-state index in [1.54, 1.807) is 17.8 Å². The van der Waals surface area contributed by atoms with Crippen LogP contribution in [-0.4, -0.2) is 23.4 Å². The molecule has 0 saturated carbocycles. The summed E-state index contributed by atoms with van der Waals surface area (Å²) in [5.41, 5.74) is 7.54. The fraction of sp³-hybridized carbons (Fsp3) is 0.500. The highest BCUT2D eigenvalue weighted by atomic mass is 32.2. The maximum Gasteiger partial charge on any atom is 0.287 e. The van der Waals surface area contributed by atoms with Crippen molar-refractivity contribution in [1.82, 2.24) is 10.6 Å². The van der Waals surface area contributed by atoms with Gasteiger partial charge < -0.3 is 10.3 Å². The summed E-state index contributed by atoms with van der Waals surface area (Å²) in [7, 11) is 0. The monoisotopic (exact) mass is 230 g/mol. The molecule has 0 aliphatic carbocycles. The van der Waals surface area contributed by atoms with Gasteiger partial charge in [-0.2, -0.15) is 11.8 Å². The van der Waals surface area contributed by atoms with Crippen molar-refractivity contribution in [2.45, 2.75) is 12.2 Å². The van der Waals surface area contributed by atoms with Crippen LogP contribution in [0.4, 0.5) is 0 Å². The van der Waals surface area contributed by atoms with Crippen molar-refractivity contribution >= 4 is 17.7 Å². The number of nitrogens with one attached hydrogen (secondary N) is 1. The lowest BCUT2D eigenvalue weighted by molar-refractivity contribution is 0.0944. The minimum absolute atomic E-state index is 0.201. The largest absolute Gasteiger partial charge is 0.360 e. The Balaban J connectivity index is 2.36. The van der Waals surface area contributed by atoms with Crippen LogP contribution in [-0.2, 0) is 5.75 Å². The second-order valence-electron chi connectivity index (χ2n) is 2.85. The zero-order valence-corrected chi connectivity index (χ0v) is 9.05. The molecule has 0 bridgehead atoms. The molecule has 1 rings (SSSR count). The summed E-state index contributed by atoms with van der Waals surface area (Å²) >= 11 is 1.69. The standard InChI is InChI=1S/C8H14N4O2S/c9-2-1-3-15-5-6-4-7(12-14-6)8(13)11-10/h4H,1-3,5,9-10H2,(H,11,13). The van der Waals surface area contributed by atoms with Gasteiger partial charge in [0, 0.05) is 6.07 Å². The van der Waals surface area contributed by atoms with Gasteiger partial charge in [-0.1, -0.05) is 5.16 Å². The molecule has 1 amide bonds. The first-order valence-corrected chi connectivity index (χ1v) is 5.67. The summed E-state index contributed by atoms with van der Waals surface area (Å²) in [6.07, 6.45) is 0.967. The number of carbonyl (C=O) groups excluding carboxylic acids is 1. The Hall–Kier alpha value is -1.05. The van der Waals surface area contributed by atoms with E-state index in [9.17, 15) is 4.79 Å². The molecule has 1 aromatic heterocycles. The van der Waals surface area contributed by atoms with Gasteiger partial charge >= 0.3 is 0 Å². The topological polar surface area (TPSA) is 107 Å². The smallest absolute Gasteiger partial charge is 0.287 e. The Morgan fingerprint density at radius 2 is 2.47 bits per heavy atom. The van der Waals surface area contributed by atoms with Gasteiger partial charge in [0.05, 0.1) is 5.75 Å². The van der Waals surface area contributed by atoms with Crippen LogP contribution in [0.2, 0.25) is 0 Å². The molecular weight excluding hydrogens is 216 g/mol. The van der Waals surface area contributed by atoms with Crippen LogP contribution in [0.1, 0.15) is 22.7 Å². The summed E-state index contributed by atoms with van der Waals surface area (Å²) in [6.45, 7) is 0.685. The average molecular weight is 230 g/mol. The second kappa shape index (κ2) is 6.44. The molecular formula is C8H14N4O2S. The minimum atomic E-state index is -0.447. The van der Waals surface area contributed by atoms with Crippen LogP contribution in [0.3, 0.4) is 0 Å². The van der Waals surface area contributed by atoms with Gasteiger partial charge in [-0.15, -0.1) is 0 Å². The van der Waals surface area contributed by atoms with E-state index in [-0.39, 0.29) is 5.69 Å². The highest BCUT2D eigenvalue weighted by Crippen LogP contribution is 2.13. The number of rotatable bonds is 6. The van der Waals surface area contributed by atoms with Crippen molar-refractivity contribution in [2.24, 2.45) is 11.6 Å². The molecule has 1 heterocycles. The van der Waals surface area contributed by atoms with Crippen molar-refractivity contribution in [3.63, 3.8) is 0 Å². The fourth-order valence-electron chi connectivity index (χ4n) is 0.920. The first-order valence-electron chi connectivity index (χ1n) is 4.52. The molecule has 7 heteroatoms. The zero-order chi connectivity index (χ0) is 11.1. The Bertz CT molecular complexity index is 315. The van der Waals surface area contributed by atoms with E-state index in [0.717, 1.165) is 12.2 Å². The summed E-state index contributed by atoms with van der Waals surface area (Å²) in [4.78, 5) is 11.0. The quantitative estimate of drug-likeness (QED) is 0.272. The van der Waals surface area contributed by atoms with E-state index in [1.165, 1.54) is 0 Å². The van der Waals surface area contributed by atoms with E-state index >= 15 is 0 Å². The van der Waals surface area contributed by atoms with Gasteiger partial charge in [-0.05, 0) is 18.7 Å². The van der Waals surface area contributed by atoms with Gasteiger partial charge in [0.25, 0.3) is 5.91 Å². The highest BCUT2D eigenvalue weighted by molar-refractivity contribution is 7.98. The lowest BCUT2D eigenvalue weighted by atomic mass is 10.4. The molecule has 15 heavy (non-hydrogen) atoms. The summed E-state index contributed by atoms with van der Waals surface area (Å²) < 4.78 is 4.95. The molecule has 0 radical (unpaired) electrons. The van der Waals surface area contributed by atoms with Gasteiger partial charge in [0.15, 0.2) is 5.69 Å². The van der Waals surface area contributed by atoms with E-state index < -0.39 is 5.91 Å². The number of hydrazine groups is 1. The van der Waals surface area contributed by atoms with Gasteiger partial charge in [0.1, 0.15) is 5.76 Å². The van der Waals surface area contributed by atoms with Crippen LogP contribution in [0, 0.1) is 0 Å². The maximum absolute atomic E-state index is 11.0. The average Bonchev–Trinajstić information content (AvgIpc) is 2.72. The van der Waals surface area contributed by atoms with Crippen molar-refractivity contribution in [2.75, 3.05) is 12.3 Å². The molecule has 5 N–H and O–H groups in total. The van der Waals surface area contributed by atoms with E-state index in [0.29, 0.717) is 18.1 Å². The van der Waals surface area contributed by atoms with Crippen LogP contribution < -0.4 is 17.0 Å². The van der Waals surface area contributed by atoms with Crippen molar-refractivity contribution < 1.29 is 9.32 Å². The zero-order valence-electron chi connectivity index (χ0n) is 8.23. The summed E-state index contributed by atoms with van der Waals surface area (Å²) in [5, 5.41) is 3.58. The lowest BCUT2D eigenvalue weighted by Crippen LogP contribution is -2.30. The van der Waals surface area contributed by atoms with E-state index in [4.69, 9.17) is 16.1 Å². The predicted octanol–water partition coefficient (Wildman–Crippen LogP) is -0.140. The molecule has 0 saturated heterocycles. The number of hydrogen-bond donors (Lipinski definition) is 3. The Kier molecular flexibility index (Phi) is 5.16. The van der Waals surface area contributed by atoms with Crippen LogP contribution >= 0.6 is 11.8 Å². The number of carbonyl (C=O) groups is 1. The molecule has 0 fully saturated rings. The van der Waals surface area contributed by atoms with E-state index in [1.807, 2.05) is 5.43 Å². The first kappa shape index (κ1) is 12.0. The molecule has 0 atom stereocenters. The van der Waals surface area contributed by atoms with Gasteiger partial charge in [-0.3, -0.25) is 10.2 Å². The molecule has 0 spiro atoms. The second-order valence-corrected chi connectivity index (χ2v) is 3.95. The molecule has 0 aliphatic heterocycles. The SMILES string of the molecule is NCCCSCc1cc(C(=O)NN)no1. The fourth-order valence-corrected chi connectivity index (χ4v) is 1.77. The molecule has 0 aromatic carbocycles. The maximum atomic E-state index is 11.0. The third kappa shape index (κ3) is 3.90. The Morgan fingerprint density at radius 1 is 1.67 bits per heavy atom. The normalized spacial score (nSPS) is 10.3. The predicted molar refractivity (Wildman–Crippen MR) is 58.0 cm³/mol. The molecule has 6 nitrogen and oxygen atoms in total. The first-order chi connectivity index (χ1) is 7.27. The Labute approximate surface area is 91.7 Å². The number of thioether (sulfide) groups is 1. The van der Waals surface area contributed by atoms with Crippen molar-refractivity contribution in [1.29, 1.82) is 0 Å². The van der Waals surface area contributed by atoms with Gasteiger partial charge in [0.2, 0.25) is 0 Å². The Morgan fingerprint density at radius 3 is 3.13 bits per heavy atom. The minimum Gasteiger partial charge on any atom is -0.360 e. The van der Waals surface area contributed by atoms with Gasteiger partial charge in [-0.25, -0.2) is 5.84 Å². The third-order valence-electron chi connectivity index (χ3n) is 1.66. The number of nitrogen functional groups attached to an aromatic ring is 1. The van der Waals surface area contributed by atoms with Crippen LogP contribution in [0.5, 0.6) is 0 Å².